The van der Waals surface area contributed by atoms with E-state index in [4.69, 9.17) is 4.74 Å². The highest BCUT2D eigenvalue weighted by Gasteiger charge is 2.31. The van der Waals surface area contributed by atoms with Crippen LogP contribution in [0.25, 0.3) is 0 Å². The molecule has 2 rings (SSSR count). The lowest BCUT2D eigenvalue weighted by atomic mass is 9.94. The van der Waals surface area contributed by atoms with E-state index in [-0.39, 0.29) is 23.0 Å². The maximum atomic E-state index is 12.9. The van der Waals surface area contributed by atoms with Gasteiger partial charge in [-0.1, -0.05) is 27.2 Å². The van der Waals surface area contributed by atoms with Crippen molar-refractivity contribution < 1.29 is 22.7 Å². The fourth-order valence-electron chi connectivity index (χ4n) is 3.38. The van der Waals surface area contributed by atoms with Gasteiger partial charge in [0.25, 0.3) is 5.91 Å². The van der Waals surface area contributed by atoms with Crippen LogP contribution in [0.5, 0.6) is 0 Å². The van der Waals surface area contributed by atoms with Crippen LogP contribution < -0.4 is 5.32 Å². The van der Waals surface area contributed by atoms with Crippen molar-refractivity contribution in [1.82, 2.24) is 9.62 Å². The van der Waals surface area contributed by atoms with Gasteiger partial charge in [-0.15, -0.1) is 0 Å². The predicted molar refractivity (Wildman–Crippen MR) is 106 cm³/mol. The third-order valence-corrected chi connectivity index (χ3v) is 6.60. The van der Waals surface area contributed by atoms with E-state index in [0.29, 0.717) is 31.5 Å². The maximum Gasteiger partial charge on any atom is 0.338 e. The molecule has 1 fully saturated rings. The number of ether oxygens (including phenoxy) is 1. The van der Waals surface area contributed by atoms with Gasteiger partial charge in [0, 0.05) is 19.6 Å². The molecule has 0 bridgehead atoms. The van der Waals surface area contributed by atoms with Crippen LogP contribution >= 0.6 is 0 Å². The van der Waals surface area contributed by atoms with E-state index in [1.807, 2.05) is 6.92 Å². The van der Waals surface area contributed by atoms with E-state index in [1.165, 1.54) is 28.6 Å². The van der Waals surface area contributed by atoms with E-state index >= 15 is 0 Å². The summed E-state index contributed by atoms with van der Waals surface area (Å²) in [6.45, 7) is 7.32. The summed E-state index contributed by atoms with van der Waals surface area (Å²) in [4.78, 5) is 23.8. The minimum atomic E-state index is -3.59. The van der Waals surface area contributed by atoms with E-state index in [9.17, 15) is 18.0 Å². The van der Waals surface area contributed by atoms with Gasteiger partial charge in [0.1, 0.15) is 0 Å². The Balaban J connectivity index is 1.96. The highest BCUT2D eigenvalue weighted by atomic mass is 32.2. The molecule has 1 N–H and O–H groups in total. The monoisotopic (exact) mass is 410 g/mol. The predicted octanol–water partition coefficient (Wildman–Crippen LogP) is 2.43. The molecule has 28 heavy (non-hydrogen) atoms. The van der Waals surface area contributed by atoms with Gasteiger partial charge < -0.3 is 10.1 Å². The van der Waals surface area contributed by atoms with Gasteiger partial charge in [-0.2, -0.15) is 4.31 Å². The summed E-state index contributed by atoms with van der Waals surface area (Å²) < 4.78 is 32.2. The summed E-state index contributed by atoms with van der Waals surface area (Å²) in [5, 5.41) is 2.66. The second-order valence-corrected chi connectivity index (χ2v) is 9.51. The van der Waals surface area contributed by atoms with Crippen molar-refractivity contribution in [1.29, 1.82) is 0 Å². The zero-order valence-corrected chi connectivity index (χ0v) is 17.6. The number of carbonyl (C=O) groups excluding carboxylic acids is 2. The van der Waals surface area contributed by atoms with Crippen molar-refractivity contribution in [3.05, 3.63) is 29.8 Å². The van der Waals surface area contributed by atoms with Crippen molar-refractivity contribution in [3.63, 3.8) is 0 Å². The van der Waals surface area contributed by atoms with Crippen LogP contribution in [0.1, 0.15) is 50.4 Å². The molecule has 1 aliphatic rings. The summed E-state index contributed by atoms with van der Waals surface area (Å²) >= 11 is 0. The lowest BCUT2D eigenvalue weighted by Gasteiger charge is -2.34. The average Bonchev–Trinajstić information content (AvgIpc) is 2.65. The number of benzene rings is 1. The number of hydrogen-bond donors (Lipinski definition) is 1. The molecule has 0 radical (unpaired) electrons. The van der Waals surface area contributed by atoms with Gasteiger partial charge in [0.2, 0.25) is 10.0 Å². The van der Waals surface area contributed by atoms with E-state index in [0.717, 1.165) is 19.3 Å². The first kappa shape index (κ1) is 22.4. The third-order valence-electron chi connectivity index (χ3n) is 4.75. The number of piperidine rings is 1. The van der Waals surface area contributed by atoms with E-state index in [2.05, 4.69) is 19.2 Å². The molecule has 2 unspecified atom stereocenters. The Morgan fingerprint density at radius 3 is 2.32 bits per heavy atom. The van der Waals surface area contributed by atoms with Crippen molar-refractivity contribution in [2.24, 2.45) is 11.8 Å². The maximum absolute atomic E-state index is 12.9. The number of carbonyl (C=O) groups is 2. The van der Waals surface area contributed by atoms with Gasteiger partial charge >= 0.3 is 5.97 Å². The molecule has 1 aromatic carbocycles. The second-order valence-electron chi connectivity index (χ2n) is 7.57. The summed E-state index contributed by atoms with van der Waals surface area (Å²) in [6, 6.07) is 5.66. The van der Waals surface area contributed by atoms with Gasteiger partial charge in [-0.05, 0) is 48.9 Å². The number of sulfonamides is 1. The standard InChI is InChI=1S/C20H30N2O5S/c1-4-5-10-21-19(23)14-27-20(24)17-6-8-18(9-7-17)28(25,26)22-12-15(2)11-16(3)13-22/h6-9,15-16H,4-5,10-14H2,1-3H3,(H,21,23). The molecular weight excluding hydrogens is 380 g/mol. The minimum absolute atomic E-state index is 0.155. The van der Waals surface area contributed by atoms with Gasteiger partial charge in [-0.3, -0.25) is 4.79 Å². The highest BCUT2D eigenvalue weighted by Crippen LogP contribution is 2.26. The Hall–Kier alpha value is -1.93. The molecule has 0 spiro atoms. The fourth-order valence-corrected chi connectivity index (χ4v) is 5.06. The topological polar surface area (TPSA) is 92.8 Å². The molecule has 1 aliphatic heterocycles. The Kier molecular flexibility index (Phi) is 8.00. The molecule has 1 aromatic rings. The van der Waals surface area contributed by atoms with Crippen molar-refractivity contribution in [2.75, 3.05) is 26.2 Å². The van der Waals surface area contributed by atoms with Gasteiger partial charge in [-0.25, -0.2) is 13.2 Å². The first-order valence-corrected chi connectivity index (χ1v) is 11.2. The van der Waals surface area contributed by atoms with E-state index in [1.54, 1.807) is 0 Å². The quantitative estimate of drug-likeness (QED) is 0.525. The molecule has 8 heteroatoms. The number of nitrogens with zero attached hydrogens (tertiary/aromatic N) is 1. The lowest BCUT2D eigenvalue weighted by molar-refractivity contribution is -0.124. The number of hydrogen-bond acceptors (Lipinski definition) is 5. The number of rotatable bonds is 8. The summed E-state index contributed by atoms with van der Waals surface area (Å²) in [7, 11) is -3.59. The van der Waals surface area contributed by atoms with Gasteiger partial charge in [0.15, 0.2) is 6.61 Å². The van der Waals surface area contributed by atoms with Crippen molar-refractivity contribution in [2.45, 2.75) is 44.9 Å². The van der Waals surface area contributed by atoms with Crippen LogP contribution in [0, 0.1) is 11.8 Å². The molecule has 2 atom stereocenters. The zero-order chi connectivity index (χ0) is 20.7. The molecule has 0 aliphatic carbocycles. The second kappa shape index (κ2) is 10.0. The van der Waals surface area contributed by atoms with E-state index < -0.39 is 16.0 Å². The average molecular weight is 411 g/mol. The Morgan fingerprint density at radius 2 is 1.75 bits per heavy atom. The van der Waals surface area contributed by atoms with Crippen molar-refractivity contribution >= 4 is 21.9 Å². The van der Waals surface area contributed by atoms with Crippen LogP contribution in [0.4, 0.5) is 0 Å². The summed E-state index contributed by atoms with van der Waals surface area (Å²) in [5.41, 5.74) is 0.209. The molecule has 0 saturated carbocycles. The third kappa shape index (κ3) is 6.04. The lowest BCUT2D eigenvalue weighted by Crippen LogP contribution is -2.42. The first-order valence-electron chi connectivity index (χ1n) is 9.78. The fraction of sp³-hybridized carbons (Fsp3) is 0.600. The van der Waals surface area contributed by atoms with Crippen LogP contribution in [-0.2, 0) is 19.6 Å². The molecular formula is C20H30N2O5S. The Bertz CT molecular complexity index is 766. The summed E-state index contributed by atoms with van der Waals surface area (Å²) in [5.74, 6) is -0.378. The first-order chi connectivity index (χ1) is 13.2. The van der Waals surface area contributed by atoms with Crippen LogP contribution in [-0.4, -0.2) is 50.8 Å². The highest BCUT2D eigenvalue weighted by molar-refractivity contribution is 7.89. The van der Waals surface area contributed by atoms with Crippen molar-refractivity contribution in [3.8, 4) is 0 Å². The molecule has 1 saturated heterocycles. The largest absolute Gasteiger partial charge is 0.452 e. The SMILES string of the molecule is CCCCNC(=O)COC(=O)c1ccc(S(=O)(=O)N2CC(C)CC(C)C2)cc1. The zero-order valence-electron chi connectivity index (χ0n) is 16.8. The normalized spacial score (nSPS) is 20.5. The minimum Gasteiger partial charge on any atom is -0.452 e. The Labute approximate surface area is 167 Å². The number of esters is 1. The number of amides is 1. The summed E-state index contributed by atoms with van der Waals surface area (Å²) in [6.07, 6.45) is 2.84. The van der Waals surface area contributed by atoms with Crippen LogP contribution in [0.15, 0.2) is 29.2 Å². The van der Waals surface area contributed by atoms with Crippen LogP contribution in [0.3, 0.4) is 0 Å². The number of nitrogens with one attached hydrogen (secondary N) is 1. The number of unbranched alkanes of at least 4 members (excludes halogenated alkanes) is 1. The molecule has 1 heterocycles. The molecule has 7 nitrogen and oxygen atoms in total. The van der Waals surface area contributed by atoms with Gasteiger partial charge in [0.05, 0.1) is 10.5 Å². The Morgan fingerprint density at radius 1 is 1.14 bits per heavy atom. The molecule has 156 valence electrons. The molecule has 0 aromatic heterocycles. The molecule has 1 amide bonds. The van der Waals surface area contributed by atoms with Crippen LogP contribution in [0.2, 0.25) is 0 Å². The smallest absolute Gasteiger partial charge is 0.338 e.